The largest absolute Gasteiger partial charge is 0.369 e. The number of imidazole rings is 1. The van der Waals surface area contributed by atoms with E-state index in [0.29, 0.717) is 35.8 Å². The second kappa shape index (κ2) is 22.4. The summed E-state index contributed by atoms with van der Waals surface area (Å²) >= 11 is 0. The van der Waals surface area contributed by atoms with Crippen molar-refractivity contribution in [3.05, 3.63) is 228 Å². The van der Waals surface area contributed by atoms with E-state index in [0.717, 1.165) is 33.4 Å². The van der Waals surface area contributed by atoms with Gasteiger partial charge in [-0.1, -0.05) is 182 Å². The number of ether oxygens (including phenoxy) is 1. The summed E-state index contributed by atoms with van der Waals surface area (Å²) in [6.45, 7) is 7.80. The zero-order chi connectivity index (χ0) is 48.3. The number of anilines is 1. The minimum Gasteiger partial charge on any atom is -0.369 e. The van der Waals surface area contributed by atoms with Gasteiger partial charge >= 0.3 is 7.60 Å². The van der Waals surface area contributed by atoms with E-state index >= 15 is 0 Å². The van der Waals surface area contributed by atoms with E-state index in [1.807, 2.05) is 106 Å². The maximum Gasteiger partial charge on any atom is 0.356 e. The van der Waals surface area contributed by atoms with E-state index in [1.165, 1.54) is 0 Å². The Morgan fingerprint density at radius 1 is 0.609 bits per heavy atom. The lowest BCUT2D eigenvalue weighted by molar-refractivity contribution is -0.188. The summed E-state index contributed by atoms with van der Waals surface area (Å²) in [7, 11) is -0.352. The monoisotopic (exact) mass is 944 g/mol. The van der Waals surface area contributed by atoms with Gasteiger partial charge in [0.2, 0.25) is 0 Å². The highest BCUT2D eigenvalue weighted by Crippen LogP contribution is 2.51. The molecule has 12 nitrogen and oxygen atoms in total. The maximum atomic E-state index is 14.0. The second-order valence-corrected chi connectivity index (χ2v) is 19.2. The van der Waals surface area contributed by atoms with Crippen LogP contribution in [0.2, 0.25) is 0 Å². The minimum atomic E-state index is -3.62. The van der Waals surface area contributed by atoms with Crippen LogP contribution in [0.3, 0.4) is 0 Å². The molecule has 69 heavy (non-hydrogen) atoms. The molecule has 0 bridgehead atoms. The predicted molar refractivity (Wildman–Crippen MR) is 272 cm³/mol. The van der Waals surface area contributed by atoms with Gasteiger partial charge < -0.3 is 23.2 Å². The van der Waals surface area contributed by atoms with E-state index < -0.39 is 24.6 Å². The molecule has 0 saturated carbocycles. The highest BCUT2D eigenvalue weighted by Gasteiger charge is 2.45. The van der Waals surface area contributed by atoms with Crippen LogP contribution in [-0.4, -0.2) is 70.5 Å². The van der Waals surface area contributed by atoms with Gasteiger partial charge in [-0.2, -0.15) is 5.06 Å². The van der Waals surface area contributed by atoms with Crippen molar-refractivity contribution in [1.29, 1.82) is 0 Å². The molecule has 8 rings (SSSR count). The zero-order valence-electron chi connectivity index (χ0n) is 40.1. The molecule has 0 radical (unpaired) electrons. The number of rotatable bonds is 23. The zero-order valence-corrected chi connectivity index (χ0v) is 41.0. The second-order valence-electron chi connectivity index (χ2n) is 17.3. The van der Waals surface area contributed by atoms with Crippen molar-refractivity contribution in [2.24, 2.45) is 0 Å². The van der Waals surface area contributed by atoms with E-state index in [2.05, 4.69) is 119 Å². The first-order valence-electron chi connectivity index (χ1n) is 23.4. The van der Waals surface area contributed by atoms with Gasteiger partial charge in [-0.15, -0.1) is 0 Å². The molecule has 2 aromatic heterocycles. The Labute approximate surface area is 405 Å². The maximum absolute atomic E-state index is 14.0. The third-order valence-electron chi connectivity index (χ3n) is 12.1. The standard InChI is InChI=1S/C56H61N6O6P/c1-42(2)67-69(63,68-43(3)4)41-66-38-37-50(39-62(65-6)56(47-31-19-10-20-32-47,48-33-21-11-22-34-48)49-35-23-12-24-36-49)61-40-57-51-52(60-64-5)58-54(59-53(51)61)55(44-25-13-7-14-26-44,45-27-15-8-16-28-45)46-29-17-9-18-30-46/h7-36,40,42-43,50H,37-39,41H2,1-6H3,(H,58,59,60). The molecule has 6 aromatic carbocycles. The molecule has 0 aliphatic carbocycles. The first-order chi connectivity index (χ1) is 33.6. The molecule has 1 atom stereocenters. The van der Waals surface area contributed by atoms with Crippen LogP contribution in [0.25, 0.3) is 11.2 Å². The molecule has 8 aromatic rings. The molecule has 13 heteroatoms. The Kier molecular flexibility index (Phi) is 15.9. The summed E-state index contributed by atoms with van der Waals surface area (Å²) in [4.78, 5) is 28.3. The number of nitrogens with zero attached hydrogens (tertiary/aromatic N) is 5. The summed E-state index contributed by atoms with van der Waals surface area (Å²) in [6.07, 6.45) is 1.30. The lowest BCUT2D eigenvalue weighted by atomic mass is 9.68. The Hall–Kier alpha value is -6.34. The van der Waals surface area contributed by atoms with E-state index in [4.69, 9.17) is 38.4 Å². The van der Waals surface area contributed by atoms with Crippen LogP contribution in [0, 0.1) is 0 Å². The molecule has 0 amide bonds. The summed E-state index contributed by atoms with van der Waals surface area (Å²) in [5, 5.41) is 2.04. The van der Waals surface area contributed by atoms with Crippen LogP contribution >= 0.6 is 7.60 Å². The number of hydrogen-bond donors (Lipinski definition) is 1. The normalized spacial score (nSPS) is 12.8. The highest BCUT2D eigenvalue weighted by atomic mass is 31.2. The fourth-order valence-electron chi connectivity index (χ4n) is 9.42. The summed E-state index contributed by atoms with van der Waals surface area (Å²) in [6, 6.07) is 61.7. The van der Waals surface area contributed by atoms with Gasteiger partial charge in [0.05, 0.1) is 38.8 Å². The number of nitrogens with one attached hydrogen (secondary N) is 1. The van der Waals surface area contributed by atoms with Crippen molar-refractivity contribution >= 4 is 24.6 Å². The minimum absolute atomic E-state index is 0.174. The fourth-order valence-corrected chi connectivity index (χ4v) is 11.2. The van der Waals surface area contributed by atoms with Crippen LogP contribution < -0.4 is 5.48 Å². The summed E-state index contributed by atoms with van der Waals surface area (Å²) in [5.41, 5.74) is 8.09. The molecule has 0 aliphatic rings. The number of hydroxylamine groups is 2. The van der Waals surface area contributed by atoms with Crippen molar-refractivity contribution in [3.63, 3.8) is 0 Å². The molecule has 1 unspecified atom stereocenters. The number of aromatic nitrogens is 4. The lowest BCUT2D eigenvalue weighted by Gasteiger charge is -2.45. The predicted octanol–water partition coefficient (Wildman–Crippen LogP) is 12.0. The lowest BCUT2D eigenvalue weighted by Crippen LogP contribution is -2.49. The topological polar surface area (TPSA) is 122 Å². The molecule has 0 aliphatic heterocycles. The van der Waals surface area contributed by atoms with Crippen LogP contribution in [0.15, 0.2) is 188 Å². The van der Waals surface area contributed by atoms with Gasteiger partial charge in [0.25, 0.3) is 0 Å². The molecular weight excluding hydrogens is 884 g/mol. The van der Waals surface area contributed by atoms with E-state index in [1.54, 1.807) is 20.5 Å². The average Bonchev–Trinajstić information content (AvgIpc) is 3.81. The first-order valence-corrected chi connectivity index (χ1v) is 25.1. The summed E-state index contributed by atoms with van der Waals surface area (Å²) < 4.78 is 34.2. The Morgan fingerprint density at radius 3 is 1.42 bits per heavy atom. The van der Waals surface area contributed by atoms with Crippen molar-refractivity contribution in [3.8, 4) is 0 Å². The van der Waals surface area contributed by atoms with Crippen LogP contribution in [-0.2, 0) is 39.0 Å². The Morgan fingerprint density at radius 2 is 1.03 bits per heavy atom. The van der Waals surface area contributed by atoms with Gasteiger partial charge in [-0.3, -0.25) is 9.40 Å². The van der Waals surface area contributed by atoms with Crippen molar-refractivity contribution < 1.29 is 28.0 Å². The third kappa shape index (κ3) is 10.3. The third-order valence-corrected chi connectivity index (χ3v) is 14.1. The van der Waals surface area contributed by atoms with E-state index in [-0.39, 0.29) is 25.2 Å². The fraction of sp³-hybridized carbons (Fsp3) is 0.268. The smallest absolute Gasteiger partial charge is 0.356 e. The SMILES string of the molecule is CONc1nc(C(c2ccccc2)(c2ccccc2)c2ccccc2)nc2c1ncn2C(CCOCP(=O)(OC(C)C)OC(C)C)CN(OC)C(c1ccccc1)(c1ccccc1)c1ccccc1. The van der Waals surface area contributed by atoms with Gasteiger partial charge in [-0.05, 0) is 67.5 Å². The quantitative estimate of drug-likeness (QED) is 0.0285. The van der Waals surface area contributed by atoms with Gasteiger partial charge in [-0.25, -0.2) is 20.4 Å². The Bertz CT molecular complexity index is 2670. The molecule has 0 fully saturated rings. The number of fused-ring (bicyclic) bond motifs is 1. The highest BCUT2D eigenvalue weighted by molar-refractivity contribution is 7.53. The van der Waals surface area contributed by atoms with Gasteiger partial charge in [0.15, 0.2) is 22.8 Å². The van der Waals surface area contributed by atoms with Crippen molar-refractivity contribution in [2.75, 3.05) is 39.2 Å². The average molecular weight is 945 g/mol. The Balaban J connectivity index is 1.35. The van der Waals surface area contributed by atoms with Crippen molar-refractivity contribution in [1.82, 2.24) is 24.6 Å². The van der Waals surface area contributed by atoms with Gasteiger partial charge in [0.1, 0.15) is 17.3 Å². The van der Waals surface area contributed by atoms with E-state index in [9.17, 15) is 4.57 Å². The van der Waals surface area contributed by atoms with Crippen LogP contribution in [0.1, 0.15) is 79.4 Å². The number of hydrogen-bond acceptors (Lipinski definition) is 11. The van der Waals surface area contributed by atoms with Crippen molar-refractivity contribution in [2.45, 2.75) is 63.3 Å². The molecule has 1 N–H and O–H groups in total. The first kappa shape index (κ1) is 49.1. The molecular formula is C56H61N6O6P. The molecule has 0 spiro atoms. The van der Waals surface area contributed by atoms with Crippen LogP contribution in [0.5, 0.6) is 0 Å². The molecule has 2 heterocycles. The van der Waals surface area contributed by atoms with Gasteiger partial charge in [0, 0.05) is 13.2 Å². The summed E-state index contributed by atoms with van der Waals surface area (Å²) in [5.74, 6) is 0.898. The molecule has 356 valence electrons. The number of benzene rings is 6. The van der Waals surface area contributed by atoms with Crippen LogP contribution in [0.4, 0.5) is 5.82 Å². The molecule has 0 saturated heterocycles.